The van der Waals surface area contributed by atoms with E-state index in [2.05, 4.69) is 4.98 Å². The molecule has 0 spiro atoms. The molecule has 3 rings (SSSR count). The number of hydrogen-bond acceptors (Lipinski definition) is 3. The van der Waals surface area contributed by atoms with Crippen molar-refractivity contribution < 1.29 is 4.39 Å². The van der Waals surface area contributed by atoms with Crippen LogP contribution in [-0.2, 0) is 6.54 Å². The van der Waals surface area contributed by atoms with Crippen molar-refractivity contribution in [2.24, 2.45) is 5.73 Å². The van der Waals surface area contributed by atoms with E-state index in [1.807, 2.05) is 30.3 Å². The zero-order chi connectivity index (χ0) is 12.5. The first-order valence-electron chi connectivity index (χ1n) is 5.63. The number of thiazole rings is 1. The van der Waals surface area contributed by atoms with Crippen LogP contribution in [-0.4, -0.2) is 4.98 Å². The van der Waals surface area contributed by atoms with Crippen LogP contribution < -0.4 is 5.73 Å². The van der Waals surface area contributed by atoms with Gasteiger partial charge in [0.1, 0.15) is 10.8 Å². The number of para-hydroxylation sites is 1. The summed E-state index contributed by atoms with van der Waals surface area (Å²) in [4.78, 5) is 4.53. The minimum atomic E-state index is -0.269. The molecule has 90 valence electrons. The van der Waals surface area contributed by atoms with Crippen molar-refractivity contribution in [3.05, 3.63) is 53.8 Å². The first-order valence-corrected chi connectivity index (χ1v) is 6.44. The highest BCUT2D eigenvalue weighted by atomic mass is 32.1. The van der Waals surface area contributed by atoms with E-state index in [0.717, 1.165) is 20.8 Å². The quantitative estimate of drug-likeness (QED) is 0.763. The molecule has 0 saturated carbocycles. The van der Waals surface area contributed by atoms with Crippen LogP contribution in [0.4, 0.5) is 4.39 Å². The van der Waals surface area contributed by atoms with Gasteiger partial charge in [-0.15, -0.1) is 11.3 Å². The Bertz CT molecular complexity index is 673. The third-order valence-corrected chi connectivity index (χ3v) is 3.92. The van der Waals surface area contributed by atoms with Gasteiger partial charge in [0.2, 0.25) is 0 Å². The minimum Gasteiger partial charge on any atom is -0.326 e. The van der Waals surface area contributed by atoms with E-state index in [1.165, 1.54) is 6.07 Å². The molecule has 0 amide bonds. The van der Waals surface area contributed by atoms with Gasteiger partial charge < -0.3 is 5.73 Å². The average molecular weight is 258 g/mol. The van der Waals surface area contributed by atoms with Gasteiger partial charge in [0.05, 0.1) is 10.2 Å². The molecule has 3 aromatic rings. The summed E-state index contributed by atoms with van der Waals surface area (Å²) in [6.07, 6.45) is 0. The Kier molecular flexibility index (Phi) is 2.81. The van der Waals surface area contributed by atoms with Crippen LogP contribution in [0.3, 0.4) is 0 Å². The molecular formula is C14H11FN2S. The number of benzene rings is 2. The van der Waals surface area contributed by atoms with Gasteiger partial charge in [-0.1, -0.05) is 24.3 Å². The predicted molar refractivity (Wildman–Crippen MR) is 72.9 cm³/mol. The van der Waals surface area contributed by atoms with E-state index in [0.29, 0.717) is 5.56 Å². The molecule has 0 saturated heterocycles. The lowest BCUT2D eigenvalue weighted by Crippen LogP contribution is -2.02. The molecule has 0 bridgehead atoms. The normalized spacial score (nSPS) is 11.0. The summed E-state index contributed by atoms with van der Waals surface area (Å²) in [7, 11) is 0. The third-order valence-electron chi connectivity index (χ3n) is 2.85. The summed E-state index contributed by atoms with van der Waals surface area (Å²) in [5, 5.41) is 0.816. The molecule has 1 aromatic heterocycles. The molecule has 0 fully saturated rings. The largest absolute Gasteiger partial charge is 0.326 e. The molecule has 0 aliphatic heterocycles. The van der Waals surface area contributed by atoms with Gasteiger partial charge in [-0.3, -0.25) is 0 Å². The van der Waals surface area contributed by atoms with Gasteiger partial charge in [-0.25, -0.2) is 9.37 Å². The number of rotatable bonds is 2. The van der Waals surface area contributed by atoms with Crippen LogP contribution in [0.5, 0.6) is 0 Å². The third kappa shape index (κ3) is 1.79. The van der Waals surface area contributed by atoms with Gasteiger partial charge in [-0.05, 0) is 18.2 Å². The zero-order valence-electron chi connectivity index (χ0n) is 9.56. The summed E-state index contributed by atoms with van der Waals surface area (Å²) in [6, 6.07) is 12.9. The van der Waals surface area contributed by atoms with E-state index in [9.17, 15) is 4.39 Å². The Balaban J connectivity index is 2.23. The summed E-state index contributed by atoms with van der Waals surface area (Å²) in [5.41, 5.74) is 7.87. The number of fused-ring (bicyclic) bond motifs is 1. The van der Waals surface area contributed by atoms with Crippen molar-refractivity contribution in [1.82, 2.24) is 4.98 Å². The maximum Gasteiger partial charge on any atom is 0.128 e. The maximum absolute atomic E-state index is 13.7. The number of nitrogens with two attached hydrogens (primary N) is 1. The van der Waals surface area contributed by atoms with E-state index < -0.39 is 0 Å². The molecule has 0 aliphatic carbocycles. The van der Waals surface area contributed by atoms with Crippen molar-refractivity contribution in [2.75, 3.05) is 0 Å². The van der Waals surface area contributed by atoms with E-state index in [1.54, 1.807) is 17.4 Å². The molecule has 0 atom stereocenters. The summed E-state index contributed by atoms with van der Waals surface area (Å²) >= 11 is 1.56. The van der Waals surface area contributed by atoms with Crippen molar-refractivity contribution >= 4 is 21.6 Å². The first-order chi connectivity index (χ1) is 8.79. The van der Waals surface area contributed by atoms with Gasteiger partial charge in [0.15, 0.2) is 0 Å². The second kappa shape index (κ2) is 4.48. The van der Waals surface area contributed by atoms with Crippen LogP contribution in [0.25, 0.3) is 20.8 Å². The Labute approximate surface area is 108 Å². The fraction of sp³-hybridized carbons (Fsp3) is 0.0714. The van der Waals surface area contributed by atoms with Crippen LogP contribution >= 0.6 is 11.3 Å². The predicted octanol–water partition coefficient (Wildman–Crippen LogP) is 3.56. The molecule has 0 unspecified atom stereocenters. The molecule has 0 radical (unpaired) electrons. The van der Waals surface area contributed by atoms with Crippen LogP contribution in [0, 0.1) is 5.82 Å². The van der Waals surface area contributed by atoms with Crippen molar-refractivity contribution in [3.63, 3.8) is 0 Å². The molecule has 2 nitrogen and oxygen atoms in total. The summed E-state index contributed by atoms with van der Waals surface area (Å²) in [5.74, 6) is -0.269. The Hall–Kier alpha value is -1.78. The van der Waals surface area contributed by atoms with Crippen molar-refractivity contribution in [1.29, 1.82) is 0 Å². The Morgan fingerprint density at radius 3 is 2.72 bits per heavy atom. The number of aromatic nitrogens is 1. The highest BCUT2D eigenvalue weighted by molar-refractivity contribution is 7.21. The van der Waals surface area contributed by atoms with Crippen molar-refractivity contribution in [2.45, 2.75) is 6.54 Å². The maximum atomic E-state index is 13.7. The topological polar surface area (TPSA) is 38.9 Å². The lowest BCUT2D eigenvalue weighted by molar-refractivity contribution is 0.611. The SMILES string of the molecule is NCc1c(F)cccc1-c1nc2ccccc2s1. The molecule has 0 aliphatic rings. The van der Waals surface area contributed by atoms with Gasteiger partial charge in [0.25, 0.3) is 0 Å². The van der Waals surface area contributed by atoms with Gasteiger partial charge >= 0.3 is 0 Å². The molecule has 2 aromatic carbocycles. The van der Waals surface area contributed by atoms with E-state index in [4.69, 9.17) is 5.73 Å². The van der Waals surface area contributed by atoms with Crippen LogP contribution in [0.2, 0.25) is 0 Å². The number of nitrogens with zero attached hydrogens (tertiary/aromatic N) is 1. The van der Waals surface area contributed by atoms with Gasteiger partial charge in [-0.2, -0.15) is 0 Å². The van der Waals surface area contributed by atoms with E-state index >= 15 is 0 Å². The molecule has 2 N–H and O–H groups in total. The Morgan fingerprint density at radius 1 is 1.11 bits per heavy atom. The van der Waals surface area contributed by atoms with E-state index in [-0.39, 0.29) is 12.4 Å². The van der Waals surface area contributed by atoms with Gasteiger partial charge in [0, 0.05) is 17.7 Å². The second-order valence-corrected chi connectivity index (χ2v) is 4.99. The monoisotopic (exact) mass is 258 g/mol. The highest BCUT2D eigenvalue weighted by Gasteiger charge is 2.12. The first kappa shape index (κ1) is 11.3. The highest BCUT2D eigenvalue weighted by Crippen LogP contribution is 2.32. The smallest absolute Gasteiger partial charge is 0.128 e. The van der Waals surface area contributed by atoms with Crippen molar-refractivity contribution in [3.8, 4) is 10.6 Å². The fourth-order valence-electron chi connectivity index (χ4n) is 1.95. The summed E-state index contributed by atoms with van der Waals surface area (Å²) in [6.45, 7) is 0.179. The van der Waals surface area contributed by atoms with Crippen LogP contribution in [0.1, 0.15) is 5.56 Å². The standard InChI is InChI=1S/C14H11FN2S/c15-11-5-3-4-9(10(11)8-16)14-17-12-6-1-2-7-13(12)18-14/h1-7H,8,16H2. The lowest BCUT2D eigenvalue weighted by atomic mass is 10.1. The number of halogens is 1. The second-order valence-electron chi connectivity index (χ2n) is 3.96. The minimum absolute atomic E-state index is 0.179. The number of hydrogen-bond donors (Lipinski definition) is 1. The molecular weight excluding hydrogens is 247 g/mol. The molecule has 18 heavy (non-hydrogen) atoms. The lowest BCUT2D eigenvalue weighted by Gasteiger charge is -2.05. The Morgan fingerprint density at radius 2 is 1.94 bits per heavy atom. The average Bonchev–Trinajstić information content (AvgIpc) is 2.82. The molecule has 4 heteroatoms. The zero-order valence-corrected chi connectivity index (χ0v) is 10.4. The van der Waals surface area contributed by atoms with Crippen LogP contribution in [0.15, 0.2) is 42.5 Å². The fourth-order valence-corrected chi connectivity index (χ4v) is 2.97. The summed E-state index contributed by atoms with van der Waals surface area (Å²) < 4.78 is 14.8. The molecule has 1 heterocycles.